The summed E-state index contributed by atoms with van der Waals surface area (Å²) in [5.41, 5.74) is 1.01. The van der Waals surface area contributed by atoms with Crippen molar-refractivity contribution < 1.29 is 9.59 Å². The highest BCUT2D eigenvalue weighted by Gasteiger charge is 2.00. The molecule has 0 aliphatic rings. The predicted octanol–water partition coefficient (Wildman–Crippen LogP) is 4.86. The SMILES string of the molecule is CC.CCCCCCCC(=O)NC/C=C/C(=O)Cc1ccccc1. The monoisotopic (exact) mass is 331 g/mol. The van der Waals surface area contributed by atoms with E-state index >= 15 is 0 Å². The molecule has 0 fully saturated rings. The van der Waals surface area contributed by atoms with Crippen molar-refractivity contribution in [1.82, 2.24) is 5.32 Å². The fraction of sp³-hybridized carbons (Fsp3) is 0.524. The van der Waals surface area contributed by atoms with Crippen LogP contribution in [0.15, 0.2) is 42.5 Å². The third-order valence-electron chi connectivity index (χ3n) is 3.45. The van der Waals surface area contributed by atoms with Gasteiger partial charge in [0.05, 0.1) is 0 Å². The number of carbonyl (C=O) groups excluding carboxylic acids is 2. The summed E-state index contributed by atoms with van der Waals surface area (Å²) in [6.07, 6.45) is 9.99. The third kappa shape index (κ3) is 12.6. The fourth-order valence-corrected chi connectivity index (χ4v) is 2.20. The Morgan fingerprint density at radius 3 is 2.33 bits per heavy atom. The maximum Gasteiger partial charge on any atom is 0.220 e. The smallest absolute Gasteiger partial charge is 0.220 e. The van der Waals surface area contributed by atoms with E-state index in [0.29, 0.717) is 19.4 Å². The number of amides is 1. The second kappa shape index (κ2) is 16.0. The van der Waals surface area contributed by atoms with Gasteiger partial charge in [0.2, 0.25) is 5.91 Å². The Kier molecular flexibility index (Phi) is 14.7. The van der Waals surface area contributed by atoms with Gasteiger partial charge in [0.25, 0.3) is 0 Å². The summed E-state index contributed by atoms with van der Waals surface area (Å²) >= 11 is 0. The van der Waals surface area contributed by atoms with E-state index < -0.39 is 0 Å². The maximum atomic E-state index is 11.7. The summed E-state index contributed by atoms with van der Waals surface area (Å²) in [6.45, 7) is 6.60. The molecular formula is C21H33NO2. The Morgan fingerprint density at radius 1 is 1.00 bits per heavy atom. The van der Waals surface area contributed by atoms with Crippen molar-refractivity contribution in [3.05, 3.63) is 48.0 Å². The van der Waals surface area contributed by atoms with E-state index in [1.165, 1.54) is 19.3 Å². The number of allylic oxidation sites excluding steroid dienone is 1. The first-order valence-corrected chi connectivity index (χ1v) is 9.22. The average Bonchev–Trinajstić information content (AvgIpc) is 2.61. The van der Waals surface area contributed by atoms with Gasteiger partial charge in [-0.05, 0) is 18.1 Å². The Bertz CT molecular complexity index is 466. The van der Waals surface area contributed by atoms with Gasteiger partial charge >= 0.3 is 0 Å². The summed E-state index contributed by atoms with van der Waals surface area (Å²) in [5.74, 6) is 0.122. The Hall–Kier alpha value is -1.90. The molecule has 0 unspecified atom stereocenters. The fourth-order valence-electron chi connectivity index (χ4n) is 2.20. The standard InChI is InChI=1S/C19H27NO2.C2H6/c1-2-3-4-5-9-14-19(22)20-15-10-13-18(21)16-17-11-7-6-8-12-17;1-2/h6-8,10-13H,2-5,9,14-16H2,1H3,(H,20,22);1-2H3/b13-10+;. The van der Waals surface area contributed by atoms with E-state index in [9.17, 15) is 9.59 Å². The Morgan fingerprint density at radius 2 is 1.67 bits per heavy atom. The molecule has 0 aliphatic carbocycles. The molecule has 1 amide bonds. The Balaban J connectivity index is 0.00000254. The number of carbonyl (C=O) groups is 2. The molecule has 0 heterocycles. The predicted molar refractivity (Wildman–Crippen MR) is 102 cm³/mol. The molecule has 0 atom stereocenters. The van der Waals surface area contributed by atoms with Crippen molar-refractivity contribution in [2.75, 3.05) is 6.54 Å². The first-order chi connectivity index (χ1) is 11.7. The molecule has 1 aromatic carbocycles. The van der Waals surface area contributed by atoms with Gasteiger partial charge in [-0.1, -0.05) is 82.9 Å². The van der Waals surface area contributed by atoms with Crippen molar-refractivity contribution in [3.8, 4) is 0 Å². The normalized spacial score (nSPS) is 10.1. The lowest BCUT2D eigenvalue weighted by Gasteiger charge is -2.02. The highest BCUT2D eigenvalue weighted by molar-refractivity contribution is 5.91. The highest BCUT2D eigenvalue weighted by Crippen LogP contribution is 2.04. The zero-order valence-corrected chi connectivity index (χ0v) is 15.5. The largest absolute Gasteiger partial charge is 0.353 e. The van der Waals surface area contributed by atoms with Crippen LogP contribution in [0, 0.1) is 0 Å². The second-order valence-electron chi connectivity index (χ2n) is 5.50. The van der Waals surface area contributed by atoms with E-state index in [2.05, 4.69) is 12.2 Å². The third-order valence-corrected chi connectivity index (χ3v) is 3.45. The van der Waals surface area contributed by atoms with Crippen LogP contribution in [0.2, 0.25) is 0 Å². The zero-order chi connectivity index (χ0) is 18.0. The van der Waals surface area contributed by atoms with Crippen LogP contribution in [0.5, 0.6) is 0 Å². The molecule has 3 heteroatoms. The lowest BCUT2D eigenvalue weighted by atomic mass is 10.1. The number of hydrogen-bond acceptors (Lipinski definition) is 2. The number of hydrogen-bond donors (Lipinski definition) is 1. The van der Waals surface area contributed by atoms with E-state index in [-0.39, 0.29) is 11.7 Å². The van der Waals surface area contributed by atoms with Crippen molar-refractivity contribution in [3.63, 3.8) is 0 Å². The van der Waals surface area contributed by atoms with Crippen molar-refractivity contribution in [2.45, 2.75) is 65.7 Å². The summed E-state index contributed by atoms with van der Waals surface area (Å²) < 4.78 is 0. The molecule has 0 aromatic heterocycles. The van der Waals surface area contributed by atoms with Crippen LogP contribution >= 0.6 is 0 Å². The molecule has 0 radical (unpaired) electrons. The number of benzene rings is 1. The molecule has 1 N–H and O–H groups in total. The number of ketones is 1. The van der Waals surface area contributed by atoms with Crippen LogP contribution in [-0.2, 0) is 16.0 Å². The van der Waals surface area contributed by atoms with Crippen LogP contribution in [0.3, 0.4) is 0 Å². The van der Waals surface area contributed by atoms with Crippen LogP contribution in [0.4, 0.5) is 0 Å². The number of nitrogens with one attached hydrogen (secondary N) is 1. The summed E-state index contributed by atoms with van der Waals surface area (Å²) in [5, 5.41) is 2.81. The van der Waals surface area contributed by atoms with E-state index in [0.717, 1.165) is 18.4 Å². The summed E-state index contributed by atoms with van der Waals surface area (Å²) in [7, 11) is 0. The quantitative estimate of drug-likeness (QED) is 0.465. The molecule has 0 spiro atoms. The molecule has 0 aliphatic heterocycles. The van der Waals surface area contributed by atoms with E-state index in [4.69, 9.17) is 0 Å². The van der Waals surface area contributed by atoms with E-state index in [1.54, 1.807) is 12.2 Å². The van der Waals surface area contributed by atoms with E-state index in [1.807, 2.05) is 44.2 Å². The first kappa shape index (κ1) is 22.1. The number of unbranched alkanes of at least 4 members (excludes halogenated alkanes) is 4. The maximum absolute atomic E-state index is 11.7. The molecule has 0 bridgehead atoms. The zero-order valence-electron chi connectivity index (χ0n) is 15.5. The lowest BCUT2D eigenvalue weighted by molar-refractivity contribution is -0.121. The van der Waals surface area contributed by atoms with Gasteiger partial charge in [-0.3, -0.25) is 9.59 Å². The van der Waals surface area contributed by atoms with Gasteiger partial charge in [-0.2, -0.15) is 0 Å². The minimum absolute atomic E-state index is 0.0556. The van der Waals surface area contributed by atoms with Crippen LogP contribution in [-0.4, -0.2) is 18.2 Å². The van der Waals surface area contributed by atoms with Gasteiger partial charge < -0.3 is 5.32 Å². The average molecular weight is 332 g/mol. The number of rotatable bonds is 11. The van der Waals surface area contributed by atoms with Crippen molar-refractivity contribution in [2.24, 2.45) is 0 Å². The summed E-state index contributed by atoms with van der Waals surface area (Å²) in [4.78, 5) is 23.3. The van der Waals surface area contributed by atoms with Crippen LogP contribution in [0.1, 0.15) is 64.9 Å². The molecule has 3 nitrogen and oxygen atoms in total. The minimum Gasteiger partial charge on any atom is -0.353 e. The molecule has 134 valence electrons. The topological polar surface area (TPSA) is 46.2 Å². The Labute approximate surface area is 147 Å². The van der Waals surface area contributed by atoms with Gasteiger partial charge in [0.1, 0.15) is 0 Å². The molecule has 0 saturated carbocycles. The molecule has 0 saturated heterocycles. The van der Waals surface area contributed by atoms with Gasteiger partial charge in [0.15, 0.2) is 5.78 Å². The molecule has 24 heavy (non-hydrogen) atoms. The van der Waals surface area contributed by atoms with Gasteiger partial charge in [0, 0.05) is 19.4 Å². The summed E-state index contributed by atoms with van der Waals surface area (Å²) in [6, 6.07) is 9.65. The van der Waals surface area contributed by atoms with Crippen LogP contribution in [0.25, 0.3) is 0 Å². The van der Waals surface area contributed by atoms with Crippen molar-refractivity contribution >= 4 is 11.7 Å². The lowest BCUT2D eigenvalue weighted by Crippen LogP contribution is -2.23. The minimum atomic E-state index is 0.0556. The molecular weight excluding hydrogens is 298 g/mol. The van der Waals surface area contributed by atoms with Crippen molar-refractivity contribution in [1.29, 1.82) is 0 Å². The molecule has 1 aromatic rings. The first-order valence-electron chi connectivity index (χ1n) is 9.22. The van der Waals surface area contributed by atoms with Gasteiger partial charge in [-0.25, -0.2) is 0 Å². The second-order valence-corrected chi connectivity index (χ2v) is 5.50. The molecule has 1 rings (SSSR count). The highest BCUT2D eigenvalue weighted by atomic mass is 16.1. The van der Waals surface area contributed by atoms with Gasteiger partial charge in [-0.15, -0.1) is 0 Å². The van der Waals surface area contributed by atoms with Crippen LogP contribution < -0.4 is 5.32 Å².